The molecule has 28 heteroatoms. The number of aliphatic hydroxyl groups excluding tert-OH is 16. The van der Waals surface area contributed by atoms with Crippen molar-refractivity contribution in [3.05, 3.63) is 12.2 Å². The topological polar surface area (TPSA) is 434 Å². The van der Waals surface area contributed by atoms with Crippen molar-refractivity contribution in [1.29, 1.82) is 0 Å². The van der Waals surface area contributed by atoms with Crippen molar-refractivity contribution >= 4 is 0 Å². The van der Waals surface area contributed by atoms with E-state index in [1.54, 1.807) is 0 Å². The first kappa shape index (κ1) is 50.5. The Balaban J connectivity index is 1.18. The van der Waals surface area contributed by atoms with E-state index in [0.717, 1.165) is 0 Å². The van der Waals surface area contributed by atoms with Gasteiger partial charge < -0.3 is 139 Å². The van der Waals surface area contributed by atoms with Crippen molar-refractivity contribution in [3.8, 4) is 0 Å². The van der Waals surface area contributed by atoms with Crippen molar-refractivity contribution < 1.29 is 139 Å². The number of ether oxygens (including phenoxy) is 12. The molecule has 370 valence electrons. The van der Waals surface area contributed by atoms with Crippen molar-refractivity contribution in [2.45, 2.75) is 172 Å². The Bertz CT molecular complexity index is 1490. The third-order valence-corrected chi connectivity index (χ3v) is 12.2. The van der Waals surface area contributed by atoms with Gasteiger partial charge in [0, 0.05) is 0 Å². The molecule has 28 atom stereocenters. The summed E-state index contributed by atoms with van der Waals surface area (Å²) >= 11 is 0. The van der Waals surface area contributed by atoms with Crippen LogP contribution in [0, 0.1) is 0 Å². The van der Waals surface area contributed by atoms with E-state index < -0.39 is 212 Å². The summed E-state index contributed by atoms with van der Waals surface area (Å²) in [6.45, 7) is -5.41. The normalized spacial score (nSPS) is 54.1. The van der Waals surface area contributed by atoms with Crippen LogP contribution in [0.25, 0.3) is 0 Å². The summed E-state index contributed by atoms with van der Waals surface area (Å²) < 4.78 is 68.6. The van der Waals surface area contributed by atoms with Gasteiger partial charge in [-0.15, -0.1) is 0 Å². The fourth-order valence-corrected chi connectivity index (χ4v) is 8.57. The van der Waals surface area contributed by atoms with Crippen LogP contribution < -0.4 is 0 Å². The molecule has 0 aliphatic carbocycles. The Morgan fingerprint density at radius 3 is 0.766 bits per heavy atom. The first-order valence-corrected chi connectivity index (χ1v) is 20.6. The molecular formula is C36H58O28. The Hall–Kier alpha value is -1.38. The van der Waals surface area contributed by atoms with Gasteiger partial charge in [-0.25, -0.2) is 0 Å². The zero-order valence-electron chi connectivity index (χ0n) is 33.6. The number of rotatable bonds is 6. The molecule has 0 amide bonds. The van der Waals surface area contributed by atoms with Gasteiger partial charge in [-0.05, 0) is 6.08 Å². The summed E-state index contributed by atoms with van der Waals surface area (Å²) in [5.74, 6) is 0. The van der Waals surface area contributed by atoms with Crippen molar-refractivity contribution in [3.63, 3.8) is 0 Å². The van der Waals surface area contributed by atoms with E-state index in [4.69, 9.17) is 56.8 Å². The number of hydrogen-bond acceptors (Lipinski definition) is 28. The molecule has 0 spiro atoms. The minimum absolute atomic E-state index is 0.762. The summed E-state index contributed by atoms with van der Waals surface area (Å²) in [5.41, 5.74) is 0. The lowest BCUT2D eigenvalue weighted by atomic mass is 9.95. The molecule has 0 radical (unpaired) electrons. The largest absolute Gasteiger partial charge is 0.394 e. The lowest BCUT2D eigenvalue weighted by molar-refractivity contribution is -0.396. The Kier molecular flexibility index (Phi) is 17.0. The van der Waals surface area contributed by atoms with Gasteiger partial charge in [-0.1, -0.05) is 6.08 Å². The van der Waals surface area contributed by atoms with Crippen LogP contribution in [0.5, 0.6) is 0 Å². The first-order chi connectivity index (χ1) is 30.6. The van der Waals surface area contributed by atoms with E-state index in [1.807, 2.05) is 0 Å². The molecule has 22 heterocycles. The highest BCUT2D eigenvalue weighted by Gasteiger charge is 2.57. The van der Waals surface area contributed by atoms with Crippen molar-refractivity contribution in [1.82, 2.24) is 0 Å². The highest BCUT2D eigenvalue weighted by atomic mass is 16.8. The van der Waals surface area contributed by atoms with Gasteiger partial charge in [0.05, 0.1) is 39.6 Å². The van der Waals surface area contributed by atoms with E-state index in [0.29, 0.717) is 0 Å². The zero-order valence-corrected chi connectivity index (χ0v) is 33.6. The predicted octanol–water partition coefficient (Wildman–Crippen LogP) is -11.2. The number of aliphatic hydroxyl groups is 16. The summed E-state index contributed by atoms with van der Waals surface area (Å²) in [7, 11) is 0. The van der Waals surface area contributed by atoms with Crippen molar-refractivity contribution in [2.24, 2.45) is 0 Å². The second-order valence-electron chi connectivity index (χ2n) is 16.2. The Labute approximate surface area is 362 Å². The minimum Gasteiger partial charge on any atom is -0.394 e. The Morgan fingerprint density at radius 1 is 0.250 bits per heavy atom. The monoisotopic (exact) mass is 938 g/mol. The fraction of sp³-hybridized carbons (Fsp3) is 0.944. The van der Waals surface area contributed by atoms with Crippen LogP contribution in [-0.2, 0) is 56.8 Å². The Morgan fingerprint density at radius 2 is 0.500 bits per heavy atom. The van der Waals surface area contributed by atoms with Crippen LogP contribution in [-0.4, -0.2) is 293 Å². The molecule has 28 nitrogen and oxygen atoms in total. The first-order valence-electron chi connectivity index (χ1n) is 20.6. The molecule has 16 N–H and O–H groups in total. The predicted molar refractivity (Wildman–Crippen MR) is 193 cm³/mol. The average Bonchev–Trinajstić information content (AvgIpc) is 3.29. The highest BCUT2D eigenvalue weighted by Crippen LogP contribution is 2.37. The zero-order chi connectivity index (χ0) is 46.3. The molecule has 22 aliphatic heterocycles. The van der Waals surface area contributed by atoms with Gasteiger partial charge >= 0.3 is 0 Å². The molecule has 22 rings (SSSR count). The van der Waals surface area contributed by atoms with E-state index in [9.17, 15) is 81.7 Å². The summed E-state index contributed by atoms with van der Waals surface area (Å²) in [5, 5.41) is 173. The van der Waals surface area contributed by atoms with Gasteiger partial charge in [-0.2, -0.15) is 0 Å². The molecule has 0 unspecified atom stereocenters. The molecule has 64 heavy (non-hydrogen) atoms. The lowest BCUT2D eigenvalue weighted by Gasteiger charge is -2.50. The molecule has 12 bridgehead atoms. The maximum absolute atomic E-state index is 11.2. The third kappa shape index (κ3) is 9.89. The molecule has 0 aromatic carbocycles. The highest BCUT2D eigenvalue weighted by molar-refractivity contribution is 5.04. The van der Waals surface area contributed by atoms with Crippen LogP contribution >= 0.6 is 0 Å². The summed E-state index contributed by atoms with van der Waals surface area (Å²) in [6, 6.07) is 0. The number of hydrogen-bond donors (Lipinski definition) is 16. The van der Waals surface area contributed by atoms with Crippen LogP contribution in [0.15, 0.2) is 12.2 Å². The standard InChI is InChI=1S/C36H58O28/c37-3-10-9-1-2-16(53-10)60-27-11(4-38)56-33(23(49)17(27)43)62-29-13(6-40)58-35(25(51)19(29)45)64-31-15(8-42)59-36(26(52)21(31)47)63-30-14(7-41)57-34(24(50)20(30)46)61-28-12(5-39)55-32(54-9)22(48)18(28)44/h1-2,9-52H,3-8H2/t9-,10+,11+,12+,13+,14+,15+,16+,17+,18+,19+,20+,21+,22+,23+,24+,25+,26+,27+,28+,29+,30+,31+,32-,33+,34+,35+,36+/m0/s1. The smallest absolute Gasteiger partial charge is 0.187 e. The van der Waals surface area contributed by atoms with Crippen LogP contribution in [0.1, 0.15) is 0 Å². The van der Waals surface area contributed by atoms with Gasteiger partial charge in [0.1, 0.15) is 134 Å². The van der Waals surface area contributed by atoms with Gasteiger partial charge in [0.25, 0.3) is 0 Å². The maximum atomic E-state index is 11.2. The fourth-order valence-electron chi connectivity index (χ4n) is 8.57. The molecule has 0 saturated carbocycles. The molecule has 9 saturated heterocycles. The molecule has 22 aliphatic rings. The van der Waals surface area contributed by atoms with E-state index in [2.05, 4.69) is 0 Å². The van der Waals surface area contributed by atoms with Crippen molar-refractivity contribution in [2.75, 3.05) is 39.6 Å². The lowest BCUT2D eigenvalue weighted by Crippen LogP contribution is -2.68. The summed E-state index contributed by atoms with van der Waals surface area (Å²) in [6.07, 6.45) is -47.8. The SMILES string of the molecule is OC[C@H]1O[C@@H]2O[C@H]3[C@H](O)[C@@H](O)[C@@H](O[C@H]4[C@H](O)[C@@H](O)[C@@H](O[C@H]5[C@H](O)[C@@H](O)[C@@H](O[C@H]6[C@H](O)[C@@H](O)[C@@H](O[C@H]7C=C[C@@H](O[C@H]1[C@H](O)[C@H]2O)O[C@@H]7CO)O[C@@H]6CO)O[C@@H]5CO)O[C@@H]4CO)O[C@@H]3CO. The third-order valence-electron chi connectivity index (χ3n) is 12.2. The van der Waals surface area contributed by atoms with Crippen LogP contribution in [0.3, 0.4) is 0 Å². The maximum Gasteiger partial charge on any atom is 0.187 e. The molecule has 0 aromatic rings. The molecule has 9 fully saturated rings. The second-order valence-corrected chi connectivity index (χ2v) is 16.2. The van der Waals surface area contributed by atoms with Gasteiger partial charge in [0.2, 0.25) is 0 Å². The molecular weight excluding hydrogens is 880 g/mol. The summed E-state index contributed by atoms with van der Waals surface area (Å²) in [4.78, 5) is 0. The van der Waals surface area contributed by atoms with Gasteiger partial charge in [0.15, 0.2) is 37.7 Å². The average molecular weight is 939 g/mol. The van der Waals surface area contributed by atoms with E-state index in [-0.39, 0.29) is 0 Å². The van der Waals surface area contributed by atoms with E-state index >= 15 is 0 Å². The van der Waals surface area contributed by atoms with Crippen LogP contribution in [0.4, 0.5) is 0 Å². The molecule has 0 aromatic heterocycles. The minimum atomic E-state index is -2.12. The quantitative estimate of drug-likeness (QED) is 0.110. The second kappa shape index (κ2) is 21.5. The van der Waals surface area contributed by atoms with Gasteiger partial charge in [-0.3, -0.25) is 0 Å². The van der Waals surface area contributed by atoms with Crippen LogP contribution in [0.2, 0.25) is 0 Å². The van der Waals surface area contributed by atoms with E-state index in [1.165, 1.54) is 12.2 Å².